The van der Waals surface area contributed by atoms with E-state index < -0.39 is 66.8 Å². The summed E-state index contributed by atoms with van der Waals surface area (Å²) < 4.78 is 24.4. The molecule has 10 nitrogen and oxygen atoms in total. The largest absolute Gasteiger partial charge is 0.431 e. The summed E-state index contributed by atoms with van der Waals surface area (Å²) in [5.41, 5.74) is 0.328. The summed E-state index contributed by atoms with van der Waals surface area (Å²) in [6, 6.07) is -0.800. The third-order valence-corrected chi connectivity index (χ3v) is 5.14. The van der Waals surface area contributed by atoms with Crippen LogP contribution in [0.5, 0.6) is 0 Å². The van der Waals surface area contributed by atoms with E-state index in [4.69, 9.17) is 14.9 Å². The number of hydrogen-bond acceptors (Lipinski definition) is 8. The number of rotatable bonds is 4. The highest BCUT2D eigenvalue weighted by molar-refractivity contribution is 6.05. The predicted molar refractivity (Wildman–Crippen MR) is 83.3 cm³/mol. The molecule has 0 aromatic heterocycles. The van der Waals surface area contributed by atoms with Crippen LogP contribution in [0.3, 0.4) is 0 Å². The minimum Gasteiger partial charge on any atom is -0.394 e. The number of nitrogens with zero attached hydrogens (tertiary/aromatic N) is 1. The summed E-state index contributed by atoms with van der Waals surface area (Å²) in [5, 5.41) is 49.2. The Hall–Kier alpha value is -1.47. The lowest BCUT2D eigenvalue weighted by Gasteiger charge is -2.43. The highest BCUT2D eigenvalue weighted by Gasteiger charge is 2.64. The number of halogens is 1. The molecule has 3 rings (SSSR count). The number of urea groups is 1. The summed E-state index contributed by atoms with van der Waals surface area (Å²) in [6.07, 6.45) is -8.34. The van der Waals surface area contributed by atoms with Crippen molar-refractivity contribution in [2.45, 2.75) is 56.4 Å². The van der Waals surface area contributed by atoms with Gasteiger partial charge < -0.3 is 29.9 Å². The number of carbonyl (C=O) groups is 1. The van der Waals surface area contributed by atoms with Gasteiger partial charge in [-0.15, -0.1) is 0 Å². The van der Waals surface area contributed by atoms with Crippen LogP contribution in [0.1, 0.15) is 13.3 Å². The van der Waals surface area contributed by atoms with Crippen LogP contribution in [0.2, 0.25) is 0 Å². The van der Waals surface area contributed by atoms with Crippen molar-refractivity contribution in [2.75, 3.05) is 13.2 Å². The predicted octanol–water partition coefficient (Wildman–Crippen LogP) is -1.71. The Bertz CT molecular complexity index is 632. The fourth-order valence-electron chi connectivity index (χ4n) is 3.67. The maximum Gasteiger partial charge on any atom is 0.431 e. The maximum atomic E-state index is 14.2. The SMILES string of the molecule is CC1=C[N+]([C@@H]2O[C@H](CO)[C@@H](O)[C@H]2O)([C@H]2C[C@H](F)[C@@H](CO)O2)C(=O)NC1=N. The monoisotopic (exact) mass is 376 g/mol. The lowest BCUT2D eigenvalue weighted by molar-refractivity contribution is -0.901. The summed E-state index contributed by atoms with van der Waals surface area (Å²) in [7, 11) is 0. The fraction of sp³-hybridized carbons (Fsp3) is 0.733. The summed E-state index contributed by atoms with van der Waals surface area (Å²) in [6.45, 7) is 0.362. The second kappa shape index (κ2) is 6.93. The Morgan fingerprint density at radius 3 is 2.46 bits per heavy atom. The van der Waals surface area contributed by atoms with Gasteiger partial charge in [-0.25, -0.2) is 9.18 Å². The quantitative estimate of drug-likeness (QED) is 0.320. The van der Waals surface area contributed by atoms with E-state index in [-0.39, 0.29) is 12.3 Å². The number of quaternary nitrogens is 1. The molecule has 146 valence electrons. The second-order valence-corrected chi connectivity index (χ2v) is 6.74. The topological polar surface area (TPSA) is 152 Å². The first-order chi connectivity index (χ1) is 12.3. The molecule has 11 heteroatoms. The minimum atomic E-state index is -1.57. The van der Waals surface area contributed by atoms with Crippen LogP contribution < -0.4 is 5.32 Å². The second-order valence-electron chi connectivity index (χ2n) is 6.74. The van der Waals surface area contributed by atoms with Gasteiger partial charge in [0.1, 0.15) is 36.5 Å². The standard InChI is InChI=1S/C15H22FN3O7/c1-6-3-19(15(24)18-13(6)17,10-2-7(16)8(4-20)25-10)14-12(23)11(22)9(5-21)26-14/h3,7-12,14,20-23H,2,4-5H2,1H3,(H-,17,18,24)/p+1/t7-,8+,9+,10+,11+,12+,14+,19?/m0/s1. The van der Waals surface area contributed by atoms with E-state index >= 15 is 0 Å². The van der Waals surface area contributed by atoms with Crippen LogP contribution in [-0.2, 0) is 9.47 Å². The molecular weight excluding hydrogens is 353 g/mol. The van der Waals surface area contributed by atoms with E-state index in [0.717, 1.165) is 0 Å². The molecule has 1 unspecified atom stereocenters. The molecule has 3 aliphatic rings. The number of aliphatic hydroxyl groups is 4. The molecule has 0 spiro atoms. The van der Waals surface area contributed by atoms with Gasteiger partial charge in [0.05, 0.1) is 19.6 Å². The number of amides is 2. The van der Waals surface area contributed by atoms with E-state index in [9.17, 15) is 29.6 Å². The molecule has 0 aromatic rings. The van der Waals surface area contributed by atoms with Crippen molar-refractivity contribution in [1.82, 2.24) is 5.32 Å². The van der Waals surface area contributed by atoms with Crippen molar-refractivity contribution in [3.05, 3.63) is 11.8 Å². The minimum absolute atomic E-state index is 0.163. The first-order valence-electron chi connectivity index (χ1n) is 8.27. The molecule has 2 amide bonds. The smallest absolute Gasteiger partial charge is 0.394 e. The molecule has 0 saturated carbocycles. The van der Waals surface area contributed by atoms with Gasteiger partial charge in [-0.1, -0.05) is 0 Å². The van der Waals surface area contributed by atoms with Crippen LogP contribution in [0.15, 0.2) is 11.8 Å². The molecule has 3 aliphatic heterocycles. The van der Waals surface area contributed by atoms with Gasteiger partial charge in [0.15, 0.2) is 6.10 Å². The molecule has 0 aliphatic carbocycles. The normalized spacial score (nSPS) is 46.4. The summed E-state index contributed by atoms with van der Waals surface area (Å²) >= 11 is 0. The average Bonchev–Trinajstić information content (AvgIpc) is 3.12. The van der Waals surface area contributed by atoms with Crippen molar-refractivity contribution in [3.63, 3.8) is 0 Å². The van der Waals surface area contributed by atoms with Gasteiger partial charge in [0, 0.05) is 5.57 Å². The number of carbonyl (C=O) groups excluding carboxylic acids is 1. The van der Waals surface area contributed by atoms with Gasteiger partial charge in [0.25, 0.3) is 0 Å². The van der Waals surface area contributed by atoms with Crippen molar-refractivity contribution >= 4 is 11.9 Å². The van der Waals surface area contributed by atoms with Crippen molar-refractivity contribution < 1.29 is 43.6 Å². The molecule has 26 heavy (non-hydrogen) atoms. The van der Waals surface area contributed by atoms with Crippen molar-refractivity contribution in [3.8, 4) is 0 Å². The van der Waals surface area contributed by atoms with Gasteiger partial charge >= 0.3 is 6.03 Å². The summed E-state index contributed by atoms with van der Waals surface area (Å²) in [4.78, 5) is 12.9. The Morgan fingerprint density at radius 1 is 1.27 bits per heavy atom. The zero-order valence-corrected chi connectivity index (χ0v) is 14.1. The number of ether oxygens (including phenoxy) is 2. The third-order valence-electron chi connectivity index (χ3n) is 5.14. The van der Waals surface area contributed by atoms with E-state index in [2.05, 4.69) is 5.32 Å². The van der Waals surface area contributed by atoms with E-state index in [1.165, 1.54) is 6.20 Å². The van der Waals surface area contributed by atoms with Crippen LogP contribution in [0.25, 0.3) is 0 Å². The number of hydrogen-bond donors (Lipinski definition) is 6. The fourth-order valence-corrected chi connectivity index (χ4v) is 3.67. The van der Waals surface area contributed by atoms with E-state index in [1.807, 2.05) is 0 Å². The van der Waals surface area contributed by atoms with Gasteiger partial charge in [0.2, 0.25) is 12.5 Å². The summed E-state index contributed by atoms with van der Waals surface area (Å²) in [5.74, 6) is -0.163. The maximum absolute atomic E-state index is 14.2. The zero-order chi connectivity index (χ0) is 19.2. The molecule has 6 N–H and O–H groups in total. The van der Waals surface area contributed by atoms with Crippen LogP contribution in [0, 0.1) is 5.41 Å². The molecular formula is C15H23FN3O7+. The van der Waals surface area contributed by atoms with Crippen LogP contribution in [-0.4, -0.2) is 93.0 Å². The van der Waals surface area contributed by atoms with Gasteiger partial charge in [-0.3, -0.25) is 10.7 Å². The number of aliphatic hydroxyl groups excluding tert-OH is 4. The molecule has 2 saturated heterocycles. The lowest BCUT2D eigenvalue weighted by atomic mass is 10.1. The molecule has 0 aromatic carbocycles. The third kappa shape index (κ3) is 2.76. The van der Waals surface area contributed by atoms with E-state index in [0.29, 0.717) is 5.57 Å². The Morgan fingerprint density at radius 2 is 1.92 bits per heavy atom. The highest BCUT2D eigenvalue weighted by atomic mass is 19.1. The first kappa shape index (κ1) is 19.3. The molecule has 3 heterocycles. The number of alkyl halides is 1. The molecule has 2 fully saturated rings. The first-order valence-corrected chi connectivity index (χ1v) is 8.27. The van der Waals surface area contributed by atoms with Gasteiger partial charge in [-0.2, -0.15) is 4.48 Å². The molecule has 0 bridgehead atoms. The zero-order valence-electron chi connectivity index (χ0n) is 14.1. The number of amidine groups is 1. The number of nitrogens with one attached hydrogen (secondary N) is 2. The van der Waals surface area contributed by atoms with Gasteiger partial charge in [-0.05, 0) is 6.92 Å². The van der Waals surface area contributed by atoms with Crippen LogP contribution >= 0.6 is 0 Å². The Balaban J connectivity index is 2.07. The molecule has 8 atom stereocenters. The Kier molecular flexibility index (Phi) is 5.14. The average molecular weight is 376 g/mol. The molecule has 0 radical (unpaired) electrons. The lowest BCUT2D eigenvalue weighted by Crippen LogP contribution is -2.70. The van der Waals surface area contributed by atoms with Crippen molar-refractivity contribution in [1.29, 1.82) is 5.41 Å². The Labute approximate surface area is 148 Å². The highest BCUT2D eigenvalue weighted by Crippen LogP contribution is 2.40. The van der Waals surface area contributed by atoms with Crippen molar-refractivity contribution in [2.24, 2.45) is 0 Å². The van der Waals surface area contributed by atoms with E-state index in [1.54, 1.807) is 6.92 Å². The van der Waals surface area contributed by atoms with Crippen LogP contribution in [0.4, 0.5) is 9.18 Å².